The van der Waals surface area contributed by atoms with Crippen LogP contribution in [0, 0.1) is 11.3 Å². The molecule has 1 fully saturated rings. The van der Waals surface area contributed by atoms with E-state index in [4.69, 9.17) is 5.26 Å². The molecule has 1 atom stereocenters. The molecule has 84 valence electrons. The van der Waals surface area contributed by atoms with Crippen LogP contribution in [-0.2, 0) is 0 Å². The van der Waals surface area contributed by atoms with Crippen molar-refractivity contribution >= 4 is 5.69 Å². The fourth-order valence-electron chi connectivity index (χ4n) is 1.99. The van der Waals surface area contributed by atoms with Gasteiger partial charge in [0.1, 0.15) is 6.07 Å². The number of nitriles is 1. The molecule has 1 unspecified atom stereocenters. The zero-order chi connectivity index (χ0) is 11.2. The molecule has 0 aromatic carbocycles. The predicted octanol–water partition coefficient (Wildman–Crippen LogP) is 1.51. The Morgan fingerprint density at radius 1 is 1.44 bits per heavy atom. The van der Waals surface area contributed by atoms with Crippen molar-refractivity contribution in [1.82, 2.24) is 10.3 Å². The predicted molar refractivity (Wildman–Crippen MR) is 63.1 cm³/mol. The normalized spacial score (nSPS) is 20.8. The maximum Gasteiger partial charge on any atom is 0.163 e. The summed E-state index contributed by atoms with van der Waals surface area (Å²) in [5.41, 5.74) is 1.34. The van der Waals surface area contributed by atoms with Crippen LogP contribution in [0.25, 0.3) is 0 Å². The molecule has 0 aliphatic carbocycles. The number of aromatic nitrogens is 1. The summed E-state index contributed by atoms with van der Waals surface area (Å²) in [5.74, 6) is 0. The Morgan fingerprint density at radius 2 is 2.38 bits per heavy atom. The number of rotatable bonds is 2. The van der Waals surface area contributed by atoms with E-state index in [2.05, 4.69) is 21.7 Å². The summed E-state index contributed by atoms with van der Waals surface area (Å²) in [4.78, 5) is 4.05. The molecule has 1 aromatic heterocycles. The highest BCUT2D eigenvalue weighted by Gasteiger charge is 2.13. The molecule has 4 nitrogen and oxygen atoms in total. The number of nitrogens with one attached hydrogen (secondary N) is 2. The number of anilines is 1. The van der Waals surface area contributed by atoms with E-state index < -0.39 is 0 Å². The molecule has 2 rings (SSSR count). The minimum atomic E-state index is 0.450. The van der Waals surface area contributed by atoms with Crippen LogP contribution in [0.4, 0.5) is 5.69 Å². The standard InChI is InChI=1S/C12H16N4/c13-9-12-11(4-2-7-15-12)16-10-3-1-6-14-8-5-10/h2,4,7,10,14,16H,1,3,5-6,8H2. The van der Waals surface area contributed by atoms with E-state index in [1.54, 1.807) is 6.20 Å². The molecule has 0 radical (unpaired) electrons. The Bertz CT molecular complexity index is 375. The summed E-state index contributed by atoms with van der Waals surface area (Å²) in [6.45, 7) is 2.14. The van der Waals surface area contributed by atoms with Gasteiger partial charge in [0.05, 0.1) is 5.69 Å². The van der Waals surface area contributed by atoms with Crippen LogP contribution < -0.4 is 10.6 Å². The van der Waals surface area contributed by atoms with E-state index in [1.807, 2.05) is 12.1 Å². The lowest BCUT2D eigenvalue weighted by molar-refractivity contribution is 0.637. The Labute approximate surface area is 95.7 Å². The van der Waals surface area contributed by atoms with Crippen LogP contribution in [0.5, 0.6) is 0 Å². The van der Waals surface area contributed by atoms with Gasteiger partial charge in [-0.25, -0.2) is 4.98 Å². The number of nitrogens with zero attached hydrogens (tertiary/aromatic N) is 2. The minimum absolute atomic E-state index is 0.450. The first-order valence-electron chi connectivity index (χ1n) is 5.72. The van der Waals surface area contributed by atoms with Gasteiger partial charge in [0, 0.05) is 12.2 Å². The largest absolute Gasteiger partial charge is 0.380 e. The number of pyridine rings is 1. The van der Waals surface area contributed by atoms with Gasteiger partial charge in [0.2, 0.25) is 0 Å². The zero-order valence-electron chi connectivity index (χ0n) is 9.24. The minimum Gasteiger partial charge on any atom is -0.380 e. The molecule has 2 heterocycles. The second kappa shape index (κ2) is 5.47. The summed E-state index contributed by atoms with van der Waals surface area (Å²) in [7, 11) is 0. The third-order valence-corrected chi connectivity index (χ3v) is 2.85. The van der Waals surface area contributed by atoms with E-state index >= 15 is 0 Å². The van der Waals surface area contributed by atoms with Gasteiger partial charge >= 0.3 is 0 Å². The lowest BCUT2D eigenvalue weighted by Crippen LogP contribution is -2.22. The van der Waals surface area contributed by atoms with E-state index in [1.165, 1.54) is 6.42 Å². The summed E-state index contributed by atoms with van der Waals surface area (Å²) in [6, 6.07) is 6.34. The van der Waals surface area contributed by atoms with Crippen molar-refractivity contribution in [3.05, 3.63) is 24.0 Å². The van der Waals surface area contributed by atoms with Gasteiger partial charge in [0.25, 0.3) is 0 Å². The molecule has 0 amide bonds. The Balaban J connectivity index is 2.05. The SMILES string of the molecule is N#Cc1ncccc1NC1CCCNCC1. The third kappa shape index (κ3) is 2.71. The quantitative estimate of drug-likeness (QED) is 0.786. The maximum absolute atomic E-state index is 8.94. The van der Waals surface area contributed by atoms with Crippen molar-refractivity contribution in [3.63, 3.8) is 0 Å². The summed E-state index contributed by atoms with van der Waals surface area (Å²) in [6.07, 6.45) is 5.07. The second-order valence-electron chi connectivity index (χ2n) is 4.03. The molecule has 4 heteroatoms. The highest BCUT2D eigenvalue weighted by atomic mass is 15.0. The van der Waals surface area contributed by atoms with Crippen LogP contribution in [0.3, 0.4) is 0 Å². The third-order valence-electron chi connectivity index (χ3n) is 2.85. The van der Waals surface area contributed by atoms with Gasteiger partial charge in [0.15, 0.2) is 5.69 Å². The molecule has 1 aromatic rings. The fourth-order valence-corrected chi connectivity index (χ4v) is 1.99. The average Bonchev–Trinajstić information content (AvgIpc) is 2.58. The van der Waals surface area contributed by atoms with E-state index in [0.29, 0.717) is 11.7 Å². The van der Waals surface area contributed by atoms with E-state index in [9.17, 15) is 0 Å². The molecular formula is C12H16N4. The van der Waals surface area contributed by atoms with E-state index in [-0.39, 0.29) is 0 Å². The van der Waals surface area contributed by atoms with Crippen LogP contribution in [0.1, 0.15) is 25.0 Å². The first-order chi connectivity index (χ1) is 7.90. The van der Waals surface area contributed by atoms with Gasteiger partial charge in [-0.1, -0.05) is 0 Å². The lowest BCUT2D eigenvalue weighted by atomic mass is 10.1. The summed E-state index contributed by atoms with van der Waals surface area (Å²) in [5, 5.41) is 15.7. The van der Waals surface area contributed by atoms with Crippen LogP contribution >= 0.6 is 0 Å². The van der Waals surface area contributed by atoms with Gasteiger partial charge in [-0.2, -0.15) is 5.26 Å². The van der Waals surface area contributed by atoms with Crippen molar-refractivity contribution in [2.24, 2.45) is 0 Å². The molecule has 0 bridgehead atoms. The van der Waals surface area contributed by atoms with Crippen molar-refractivity contribution in [3.8, 4) is 6.07 Å². The molecule has 1 aliphatic rings. The summed E-state index contributed by atoms with van der Waals surface area (Å²) >= 11 is 0. The van der Waals surface area contributed by atoms with Crippen LogP contribution in [0.2, 0.25) is 0 Å². The smallest absolute Gasteiger partial charge is 0.163 e. The highest BCUT2D eigenvalue weighted by molar-refractivity contribution is 5.53. The van der Waals surface area contributed by atoms with Gasteiger partial charge in [-0.15, -0.1) is 0 Å². The molecule has 0 spiro atoms. The van der Waals surface area contributed by atoms with Crippen molar-refractivity contribution < 1.29 is 0 Å². The Morgan fingerprint density at radius 3 is 3.25 bits per heavy atom. The maximum atomic E-state index is 8.94. The first-order valence-corrected chi connectivity index (χ1v) is 5.72. The Hall–Kier alpha value is -1.60. The molecular weight excluding hydrogens is 200 g/mol. The molecule has 1 saturated heterocycles. The Kier molecular flexibility index (Phi) is 3.73. The first kappa shape index (κ1) is 10.9. The molecule has 2 N–H and O–H groups in total. The number of hydrogen-bond donors (Lipinski definition) is 2. The topological polar surface area (TPSA) is 60.7 Å². The van der Waals surface area contributed by atoms with Crippen molar-refractivity contribution in [1.29, 1.82) is 5.26 Å². The van der Waals surface area contributed by atoms with Gasteiger partial charge < -0.3 is 10.6 Å². The molecule has 1 aliphatic heterocycles. The molecule has 16 heavy (non-hydrogen) atoms. The second-order valence-corrected chi connectivity index (χ2v) is 4.03. The monoisotopic (exact) mass is 216 g/mol. The van der Waals surface area contributed by atoms with Crippen molar-refractivity contribution in [2.45, 2.75) is 25.3 Å². The highest BCUT2D eigenvalue weighted by Crippen LogP contribution is 2.16. The van der Waals surface area contributed by atoms with Crippen LogP contribution in [0.15, 0.2) is 18.3 Å². The number of hydrogen-bond acceptors (Lipinski definition) is 4. The lowest BCUT2D eigenvalue weighted by Gasteiger charge is -2.17. The van der Waals surface area contributed by atoms with Crippen molar-refractivity contribution in [2.75, 3.05) is 18.4 Å². The van der Waals surface area contributed by atoms with E-state index in [0.717, 1.165) is 31.6 Å². The average molecular weight is 216 g/mol. The molecule has 0 saturated carbocycles. The summed E-state index contributed by atoms with van der Waals surface area (Å²) < 4.78 is 0. The van der Waals surface area contributed by atoms with Gasteiger partial charge in [-0.05, 0) is 44.5 Å². The van der Waals surface area contributed by atoms with Crippen LogP contribution in [-0.4, -0.2) is 24.1 Å². The van der Waals surface area contributed by atoms with Gasteiger partial charge in [-0.3, -0.25) is 0 Å². The zero-order valence-corrected chi connectivity index (χ0v) is 9.24. The fraction of sp³-hybridized carbons (Fsp3) is 0.500.